The van der Waals surface area contributed by atoms with E-state index in [1.54, 1.807) is 6.92 Å². The lowest BCUT2D eigenvalue weighted by molar-refractivity contribution is -0.141. The standard InChI is InChI=1S/C22H30N2O3/c1-16(26)23-11-9-18(10-12-23)21(27)24-19-7-8-20(24)22(14-19,15-25)13-17-5-3-2-4-6-17/h2-6,18-20,25H,7-15H2,1H3/t19-,20+,22-/m0/s1. The van der Waals surface area contributed by atoms with E-state index in [0.29, 0.717) is 13.1 Å². The molecule has 0 saturated carbocycles. The van der Waals surface area contributed by atoms with Gasteiger partial charge in [-0.1, -0.05) is 30.3 Å². The maximum absolute atomic E-state index is 13.3. The summed E-state index contributed by atoms with van der Waals surface area (Å²) in [5.74, 6) is 0.383. The molecule has 3 atom stereocenters. The Bertz CT molecular complexity index is 699. The number of rotatable bonds is 4. The first kappa shape index (κ1) is 18.5. The van der Waals surface area contributed by atoms with Crippen molar-refractivity contribution in [3.8, 4) is 0 Å². The minimum absolute atomic E-state index is 0.0231. The number of hydrogen-bond donors (Lipinski definition) is 1. The summed E-state index contributed by atoms with van der Waals surface area (Å²) < 4.78 is 0. The smallest absolute Gasteiger partial charge is 0.226 e. The van der Waals surface area contributed by atoms with Crippen molar-refractivity contribution in [1.82, 2.24) is 9.80 Å². The second-order valence-electron chi connectivity index (χ2n) is 8.66. The number of likely N-dealkylation sites (tertiary alicyclic amines) is 1. The number of carbonyl (C=O) groups is 2. The molecule has 4 rings (SSSR count). The van der Waals surface area contributed by atoms with Crippen LogP contribution in [0.5, 0.6) is 0 Å². The monoisotopic (exact) mass is 370 g/mol. The van der Waals surface area contributed by atoms with Crippen LogP contribution in [0.4, 0.5) is 0 Å². The number of aliphatic hydroxyl groups excluding tert-OH is 1. The predicted octanol–water partition coefficient (Wildman–Crippen LogP) is 2.23. The van der Waals surface area contributed by atoms with E-state index in [-0.39, 0.29) is 41.8 Å². The summed E-state index contributed by atoms with van der Waals surface area (Å²) in [4.78, 5) is 28.9. The molecular formula is C22H30N2O3. The van der Waals surface area contributed by atoms with Gasteiger partial charge in [0.1, 0.15) is 0 Å². The Morgan fingerprint density at radius 3 is 2.44 bits per heavy atom. The lowest BCUT2D eigenvalue weighted by Crippen LogP contribution is -2.48. The summed E-state index contributed by atoms with van der Waals surface area (Å²) in [6.45, 7) is 3.10. The van der Waals surface area contributed by atoms with Gasteiger partial charge >= 0.3 is 0 Å². The Morgan fingerprint density at radius 2 is 1.81 bits per heavy atom. The zero-order chi connectivity index (χ0) is 19.0. The van der Waals surface area contributed by atoms with Gasteiger partial charge in [-0.15, -0.1) is 0 Å². The maximum Gasteiger partial charge on any atom is 0.226 e. The number of benzene rings is 1. The number of fused-ring (bicyclic) bond motifs is 2. The molecule has 0 unspecified atom stereocenters. The molecule has 2 bridgehead atoms. The summed E-state index contributed by atoms with van der Waals surface area (Å²) in [7, 11) is 0. The van der Waals surface area contributed by atoms with E-state index in [9.17, 15) is 14.7 Å². The lowest BCUT2D eigenvalue weighted by atomic mass is 9.70. The van der Waals surface area contributed by atoms with Crippen molar-refractivity contribution in [2.75, 3.05) is 19.7 Å². The number of carbonyl (C=O) groups excluding carboxylic acids is 2. The Morgan fingerprint density at radius 1 is 1.11 bits per heavy atom. The highest BCUT2D eigenvalue weighted by Crippen LogP contribution is 2.52. The third kappa shape index (κ3) is 3.27. The summed E-state index contributed by atoms with van der Waals surface area (Å²) in [6.07, 6.45) is 5.31. The molecular weight excluding hydrogens is 340 g/mol. The van der Waals surface area contributed by atoms with Gasteiger partial charge in [0.15, 0.2) is 0 Å². The molecule has 3 aliphatic heterocycles. The molecule has 1 N–H and O–H groups in total. The van der Waals surface area contributed by atoms with Crippen LogP contribution in [-0.2, 0) is 16.0 Å². The van der Waals surface area contributed by atoms with Gasteiger partial charge in [0.25, 0.3) is 0 Å². The Balaban J connectivity index is 1.48. The Hall–Kier alpha value is -1.88. The van der Waals surface area contributed by atoms with E-state index in [1.807, 2.05) is 23.1 Å². The highest BCUT2D eigenvalue weighted by Gasteiger charge is 2.57. The van der Waals surface area contributed by atoms with E-state index in [0.717, 1.165) is 38.5 Å². The molecule has 0 spiro atoms. The number of hydrogen-bond acceptors (Lipinski definition) is 3. The molecule has 1 aromatic rings. The van der Waals surface area contributed by atoms with Gasteiger partial charge in [-0.3, -0.25) is 9.59 Å². The zero-order valence-corrected chi connectivity index (χ0v) is 16.1. The van der Waals surface area contributed by atoms with Gasteiger partial charge in [0.05, 0.1) is 6.61 Å². The lowest BCUT2D eigenvalue weighted by Gasteiger charge is -2.38. The molecule has 3 saturated heterocycles. The van der Waals surface area contributed by atoms with Crippen molar-refractivity contribution < 1.29 is 14.7 Å². The minimum atomic E-state index is -0.208. The molecule has 0 aliphatic carbocycles. The fraction of sp³-hybridized carbons (Fsp3) is 0.636. The van der Waals surface area contributed by atoms with Crippen molar-refractivity contribution in [3.63, 3.8) is 0 Å². The highest BCUT2D eigenvalue weighted by atomic mass is 16.3. The second kappa shape index (κ2) is 7.27. The first-order valence-corrected chi connectivity index (χ1v) is 10.3. The summed E-state index contributed by atoms with van der Waals surface area (Å²) >= 11 is 0. The topological polar surface area (TPSA) is 60.9 Å². The van der Waals surface area contributed by atoms with Crippen LogP contribution in [-0.4, -0.2) is 58.5 Å². The fourth-order valence-corrected chi connectivity index (χ4v) is 5.69. The molecule has 0 aromatic heterocycles. The van der Waals surface area contributed by atoms with Crippen molar-refractivity contribution in [1.29, 1.82) is 0 Å². The molecule has 1 aromatic carbocycles. The minimum Gasteiger partial charge on any atom is -0.396 e. The van der Waals surface area contributed by atoms with Crippen LogP contribution in [0.25, 0.3) is 0 Å². The van der Waals surface area contributed by atoms with E-state index >= 15 is 0 Å². The van der Waals surface area contributed by atoms with Crippen LogP contribution < -0.4 is 0 Å². The van der Waals surface area contributed by atoms with Crippen LogP contribution in [0.1, 0.15) is 44.6 Å². The molecule has 3 aliphatic rings. The van der Waals surface area contributed by atoms with Crippen molar-refractivity contribution in [3.05, 3.63) is 35.9 Å². The molecule has 2 amide bonds. The van der Waals surface area contributed by atoms with E-state index < -0.39 is 0 Å². The predicted molar refractivity (Wildman–Crippen MR) is 103 cm³/mol. The fourth-order valence-electron chi connectivity index (χ4n) is 5.69. The zero-order valence-electron chi connectivity index (χ0n) is 16.1. The van der Waals surface area contributed by atoms with E-state index in [4.69, 9.17) is 0 Å². The Labute approximate surface area is 161 Å². The average molecular weight is 370 g/mol. The van der Waals surface area contributed by atoms with Crippen LogP contribution in [0.2, 0.25) is 0 Å². The van der Waals surface area contributed by atoms with Gasteiger partial charge in [0, 0.05) is 43.4 Å². The van der Waals surface area contributed by atoms with Gasteiger partial charge in [-0.05, 0) is 44.1 Å². The highest BCUT2D eigenvalue weighted by molar-refractivity contribution is 5.81. The summed E-state index contributed by atoms with van der Waals surface area (Å²) in [6, 6.07) is 10.7. The number of amides is 2. The molecule has 3 heterocycles. The molecule has 146 valence electrons. The van der Waals surface area contributed by atoms with Crippen LogP contribution >= 0.6 is 0 Å². The normalized spacial score (nSPS) is 30.7. The van der Waals surface area contributed by atoms with Crippen LogP contribution in [0.3, 0.4) is 0 Å². The van der Waals surface area contributed by atoms with Gasteiger partial charge in [-0.25, -0.2) is 0 Å². The van der Waals surface area contributed by atoms with Crippen LogP contribution in [0, 0.1) is 11.3 Å². The summed E-state index contributed by atoms with van der Waals surface area (Å²) in [5.41, 5.74) is 1.03. The van der Waals surface area contributed by atoms with E-state index in [1.165, 1.54) is 5.56 Å². The maximum atomic E-state index is 13.3. The first-order valence-electron chi connectivity index (χ1n) is 10.3. The molecule has 5 heteroatoms. The third-order valence-electron chi connectivity index (χ3n) is 7.11. The van der Waals surface area contributed by atoms with Crippen molar-refractivity contribution in [2.24, 2.45) is 11.3 Å². The van der Waals surface area contributed by atoms with E-state index in [2.05, 4.69) is 17.0 Å². The van der Waals surface area contributed by atoms with Gasteiger partial charge in [-0.2, -0.15) is 0 Å². The number of aliphatic hydroxyl groups is 1. The third-order valence-corrected chi connectivity index (χ3v) is 7.11. The summed E-state index contributed by atoms with van der Waals surface area (Å²) in [5, 5.41) is 10.3. The first-order chi connectivity index (χ1) is 13.0. The van der Waals surface area contributed by atoms with Crippen molar-refractivity contribution >= 4 is 11.8 Å². The van der Waals surface area contributed by atoms with Crippen LogP contribution in [0.15, 0.2) is 30.3 Å². The Kier molecular flexibility index (Phi) is 4.97. The molecule has 5 nitrogen and oxygen atoms in total. The SMILES string of the molecule is CC(=O)N1CCC(C(=O)N2[C@H]3CC[C@@H]2[C@@](CO)(Cc2ccccc2)C3)CC1. The second-order valence-corrected chi connectivity index (χ2v) is 8.66. The van der Waals surface area contributed by atoms with Gasteiger partial charge < -0.3 is 14.9 Å². The van der Waals surface area contributed by atoms with Crippen molar-refractivity contribution in [2.45, 2.75) is 57.5 Å². The van der Waals surface area contributed by atoms with Gasteiger partial charge in [0.2, 0.25) is 11.8 Å². The number of piperidine rings is 1. The molecule has 0 radical (unpaired) electrons. The molecule has 27 heavy (non-hydrogen) atoms. The average Bonchev–Trinajstić information content (AvgIpc) is 3.24. The quantitative estimate of drug-likeness (QED) is 0.884. The number of nitrogens with zero attached hydrogens (tertiary/aromatic N) is 2. The largest absolute Gasteiger partial charge is 0.396 e. The molecule has 3 fully saturated rings.